The summed E-state index contributed by atoms with van der Waals surface area (Å²) in [6.07, 6.45) is 1.44. The highest BCUT2D eigenvalue weighted by atomic mass is 16.6. The quantitative estimate of drug-likeness (QED) is 0.668. The Balaban J connectivity index is 1.87. The van der Waals surface area contributed by atoms with E-state index in [-0.39, 0.29) is 28.8 Å². The van der Waals surface area contributed by atoms with Gasteiger partial charge in [-0.2, -0.15) is 5.10 Å². The molecule has 6 heteroatoms. The molecule has 0 radical (unpaired) electrons. The Morgan fingerprint density at radius 1 is 1.33 bits per heavy atom. The van der Waals surface area contributed by atoms with E-state index in [9.17, 15) is 14.9 Å². The standard InChI is InChI=1S/C15H17N3O3/c1-15(2)7-11-13(12(19)8-15)14(17-16-11)9-3-5-10(6-4-9)18(20)21/h3-6,11,13,16H,7-8H2,1-2H3/t11-,13+/m0/s1. The molecule has 1 saturated carbocycles. The molecule has 1 fully saturated rings. The number of hydrogen-bond donors (Lipinski definition) is 1. The zero-order chi connectivity index (χ0) is 15.2. The van der Waals surface area contributed by atoms with Gasteiger partial charge in [-0.05, 0) is 29.5 Å². The molecule has 0 spiro atoms. The van der Waals surface area contributed by atoms with Crippen LogP contribution in [0.1, 0.15) is 32.3 Å². The molecule has 0 saturated heterocycles. The molecule has 3 rings (SSSR count). The Morgan fingerprint density at radius 3 is 2.62 bits per heavy atom. The van der Waals surface area contributed by atoms with E-state index >= 15 is 0 Å². The summed E-state index contributed by atoms with van der Waals surface area (Å²) in [6.45, 7) is 4.18. The first-order valence-corrected chi connectivity index (χ1v) is 6.98. The Labute approximate surface area is 122 Å². The second kappa shape index (κ2) is 4.65. The number of hydrazone groups is 1. The molecule has 2 aliphatic rings. The highest BCUT2D eigenvalue weighted by Crippen LogP contribution is 2.39. The third-order valence-corrected chi connectivity index (χ3v) is 4.19. The SMILES string of the molecule is CC1(C)CC(=O)[C@@H]2C(c3ccc([N+](=O)[O-])cc3)=NN[C@H]2C1. The average Bonchev–Trinajstić information content (AvgIpc) is 2.81. The van der Waals surface area contributed by atoms with E-state index in [0.29, 0.717) is 12.1 Å². The molecule has 0 bridgehead atoms. The van der Waals surface area contributed by atoms with Crippen molar-refractivity contribution >= 4 is 17.2 Å². The maximum atomic E-state index is 12.4. The van der Waals surface area contributed by atoms with E-state index in [2.05, 4.69) is 24.4 Å². The van der Waals surface area contributed by atoms with Gasteiger partial charge in [0.1, 0.15) is 5.78 Å². The van der Waals surface area contributed by atoms with Crippen molar-refractivity contribution in [2.24, 2.45) is 16.4 Å². The largest absolute Gasteiger partial charge is 0.306 e. The third-order valence-electron chi connectivity index (χ3n) is 4.19. The lowest BCUT2D eigenvalue weighted by Gasteiger charge is -2.36. The number of carbonyl (C=O) groups excluding carboxylic acids is 1. The fourth-order valence-corrected chi connectivity index (χ4v) is 3.27. The lowest BCUT2D eigenvalue weighted by Crippen LogP contribution is -2.45. The molecule has 1 heterocycles. The topological polar surface area (TPSA) is 84.6 Å². The average molecular weight is 287 g/mol. The number of nitrogens with one attached hydrogen (secondary N) is 1. The number of nitro groups is 1. The van der Waals surface area contributed by atoms with Crippen molar-refractivity contribution in [3.8, 4) is 0 Å². The van der Waals surface area contributed by atoms with Gasteiger partial charge in [0, 0.05) is 18.6 Å². The summed E-state index contributed by atoms with van der Waals surface area (Å²) in [5.74, 6) is -0.0437. The molecule has 0 amide bonds. The Hall–Kier alpha value is -2.24. The van der Waals surface area contributed by atoms with Crippen molar-refractivity contribution in [1.29, 1.82) is 0 Å². The van der Waals surface area contributed by atoms with E-state index in [0.717, 1.165) is 12.0 Å². The number of non-ortho nitro benzene ring substituents is 1. The zero-order valence-corrected chi connectivity index (χ0v) is 12.0. The number of fused-ring (bicyclic) bond motifs is 1. The number of rotatable bonds is 2. The summed E-state index contributed by atoms with van der Waals surface area (Å²) < 4.78 is 0. The van der Waals surface area contributed by atoms with E-state index < -0.39 is 4.92 Å². The van der Waals surface area contributed by atoms with E-state index in [1.54, 1.807) is 12.1 Å². The maximum Gasteiger partial charge on any atom is 0.269 e. The molecule has 6 nitrogen and oxygen atoms in total. The molecular weight excluding hydrogens is 270 g/mol. The van der Waals surface area contributed by atoms with Gasteiger partial charge < -0.3 is 5.43 Å². The summed E-state index contributed by atoms with van der Waals surface area (Å²) in [4.78, 5) is 22.7. The molecule has 1 aliphatic carbocycles. The van der Waals surface area contributed by atoms with Gasteiger partial charge in [-0.1, -0.05) is 13.8 Å². The maximum absolute atomic E-state index is 12.4. The molecule has 1 aromatic rings. The number of nitro benzene ring substituents is 1. The van der Waals surface area contributed by atoms with Gasteiger partial charge >= 0.3 is 0 Å². The van der Waals surface area contributed by atoms with Gasteiger partial charge in [0.2, 0.25) is 0 Å². The van der Waals surface area contributed by atoms with Crippen molar-refractivity contribution in [3.05, 3.63) is 39.9 Å². The van der Waals surface area contributed by atoms with Crippen molar-refractivity contribution in [3.63, 3.8) is 0 Å². The van der Waals surface area contributed by atoms with Crippen LogP contribution in [0.2, 0.25) is 0 Å². The van der Waals surface area contributed by atoms with Crippen LogP contribution in [0.25, 0.3) is 0 Å². The van der Waals surface area contributed by atoms with Gasteiger partial charge in [0.05, 0.1) is 22.6 Å². The Bertz CT molecular complexity index is 634. The smallest absolute Gasteiger partial charge is 0.269 e. The highest BCUT2D eigenvalue weighted by molar-refractivity contribution is 6.15. The first-order valence-electron chi connectivity index (χ1n) is 6.98. The van der Waals surface area contributed by atoms with E-state index in [4.69, 9.17) is 0 Å². The van der Waals surface area contributed by atoms with Crippen LogP contribution in [0.15, 0.2) is 29.4 Å². The molecular formula is C15H17N3O3. The van der Waals surface area contributed by atoms with Crippen molar-refractivity contribution in [2.75, 3.05) is 0 Å². The summed E-state index contributed by atoms with van der Waals surface area (Å²) in [6, 6.07) is 6.25. The molecule has 1 aromatic carbocycles. The molecule has 1 N–H and O–H groups in total. The minimum Gasteiger partial charge on any atom is -0.306 e. The van der Waals surface area contributed by atoms with Gasteiger partial charge in [-0.15, -0.1) is 0 Å². The Kier molecular flexibility index (Phi) is 3.04. The first-order chi connectivity index (χ1) is 9.87. The van der Waals surface area contributed by atoms with Crippen molar-refractivity contribution in [2.45, 2.75) is 32.7 Å². The predicted molar refractivity (Wildman–Crippen MR) is 78.1 cm³/mol. The van der Waals surface area contributed by atoms with Gasteiger partial charge in [0.15, 0.2) is 0 Å². The molecule has 1 aliphatic heterocycles. The molecule has 21 heavy (non-hydrogen) atoms. The number of carbonyl (C=O) groups is 1. The van der Waals surface area contributed by atoms with Crippen LogP contribution < -0.4 is 5.43 Å². The number of nitrogens with zero attached hydrogens (tertiary/aromatic N) is 2. The van der Waals surface area contributed by atoms with Crippen LogP contribution in [0.4, 0.5) is 5.69 Å². The summed E-state index contributed by atoms with van der Waals surface area (Å²) >= 11 is 0. The van der Waals surface area contributed by atoms with Crippen LogP contribution in [0, 0.1) is 21.4 Å². The normalized spacial score (nSPS) is 26.8. The molecule has 0 aromatic heterocycles. The fraction of sp³-hybridized carbons (Fsp3) is 0.467. The third kappa shape index (κ3) is 2.41. The monoisotopic (exact) mass is 287 g/mol. The molecule has 110 valence electrons. The first kappa shape index (κ1) is 13.7. The number of Topliss-reactive ketones (excluding diaryl/α,β-unsaturated/α-hetero) is 1. The minimum absolute atomic E-state index is 0.00824. The number of hydrogen-bond acceptors (Lipinski definition) is 5. The lowest BCUT2D eigenvalue weighted by atomic mass is 9.68. The number of benzene rings is 1. The predicted octanol–water partition coefficient (Wildman–Crippen LogP) is 2.28. The highest BCUT2D eigenvalue weighted by Gasteiger charge is 2.46. The minimum atomic E-state index is -0.435. The van der Waals surface area contributed by atoms with Crippen LogP contribution >= 0.6 is 0 Å². The zero-order valence-electron chi connectivity index (χ0n) is 12.0. The summed E-state index contributed by atoms with van der Waals surface area (Å²) in [5.41, 5.74) is 4.57. The van der Waals surface area contributed by atoms with Crippen molar-refractivity contribution < 1.29 is 9.72 Å². The second-order valence-corrected chi connectivity index (χ2v) is 6.53. The molecule has 2 atom stereocenters. The van der Waals surface area contributed by atoms with Crippen LogP contribution in [0.5, 0.6) is 0 Å². The van der Waals surface area contributed by atoms with Gasteiger partial charge in [0.25, 0.3) is 5.69 Å². The number of ketones is 1. The summed E-state index contributed by atoms with van der Waals surface area (Å²) in [7, 11) is 0. The van der Waals surface area contributed by atoms with Gasteiger partial charge in [-0.25, -0.2) is 0 Å². The van der Waals surface area contributed by atoms with E-state index in [1.165, 1.54) is 12.1 Å². The van der Waals surface area contributed by atoms with Crippen molar-refractivity contribution in [1.82, 2.24) is 5.43 Å². The van der Waals surface area contributed by atoms with Crippen LogP contribution in [0.3, 0.4) is 0 Å². The van der Waals surface area contributed by atoms with Gasteiger partial charge in [-0.3, -0.25) is 14.9 Å². The molecule has 0 unspecified atom stereocenters. The Morgan fingerprint density at radius 2 is 2.00 bits per heavy atom. The van der Waals surface area contributed by atoms with Crippen LogP contribution in [-0.2, 0) is 4.79 Å². The lowest BCUT2D eigenvalue weighted by molar-refractivity contribution is -0.384. The van der Waals surface area contributed by atoms with E-state index in [1.807, 2.05) is 0 Å². The second-order valence-electron chi connectivity index (χ2n) is 6.53. The summed E-state index contributed by atoms with van der Waals surface area (Å²) in [5, 5.41) is 15.0. The fourth-order valence-electron chi connectivity index (χ4n) is 3.27. The van der Waals surface area contributed by atoms with Crippen LogP contribution in [-0.4, -0.2) is 22.5 Å².